The molecule has 2 rings (SSSR count). The van der Waals surface area contributed by atoms with Crippen molar-refractivity contribution in [3.8, 4) is 5.75 Å². The van der Waals surface area contributed by atoms with Crippen LogP contribution in [0.25, 0.3) is 0 Å². The lowest BCUT2D eigenvalue weighted by molar-refractivity contribution is -0.118. The Morgan fingerprint density at radius 2 is 2.06 bits per heavy atom. The molecule has 2 aromatic rings. The summed E-state index contributed by atoms with van der Waals surface area (Å²) in [4.78, 5) is 15.5. The van der Waals surface area contributed by atoms with Crippen LogP contribution in [-0.4, -0.2) is 17.5 Å². The first kappa shape index (κ1) is 12.6. The molecule has 0 saturated heterocycles. The molecule has 92 valence electrons. The maximum atomic E-state index is 11.6. The van der Waals surface area contributed by atoms with Crippen LogP contribution in [-0.2, 0) is 4.79 Å². The third-order valence-corrected chi connectivity index (χ3v) is 2.66. The third kappa shape index (κ3) is 3.85. The standard InChI is InChI=1S/C13H11BrN2O2/c14-10-3-5-12(6-4-10)18-9-13(17)16-11-2-1-7-15-8-11/h1-8H,9H2,(H,16,17). The van der Waals surface area contributed by atoms with Gasteiger partial charge >= 0.3 is 0 Å². The van der Waals surface area contributed by atoms with E-state index in [-0.39, 0.29) is 12.5 Å². The summed E-state index contributed by atoms with van der Waals surface area (Å²) in [5.41, 5.74) is 0.655. The predicted molar refractivity (Wildman–Crippen MR) is 72.5 cm³/mol. The summed E-state index contributed by atoms with van der Waals surface area (Å²) in [6.07, 6.45) is 3.23. The first-order valence-electron chi connectivity index (χ1n) is 5.32. The fourth-order valence-electron chi connectivity index (χ4n) is 1.31. The summed E-state index contributed by atoms with van der Waals surface area (Å²) in [5.74, 6) is 0.436. The normalized spacial score (nSPS) is 9.83. The zero-order valence-electron chi connectivity index (χ0n) is 9.47. The molecule has 0 saturated carbocycles. The van der Waals surface area contributed by atoms with Gasteiger partial charge in [0, 0.05) is 10.7 Å². The molecular formula is C13H11BrN2O2. The molecule has 0 aliphatic heterocycles. The Morgan fingerprint density at radius 3 is 2.72 bits per heavy atom. The number of rotatable bonds is 4. The Morgan fingerprint density at radius 1 is 1.28 bits per heavy atom. The number of ether oxygens (including phenoxy) is 1. The molecule has 0 fully saturated rings. The highest BCUT2D eigenvalue weighted by molar-refractivity contribution is 9.10. The summed E-state index contributed by atoms with van der Waals surface area (Å²) < 4.78 is 6.31. The van der Waals surface area contributed by atoms with Gasteiger partial charge in [-0.15, -0.1) is 0 Å². The minimum atomic E-state index is -0.217. The molecule has 18 heavy (non-hydrogen) atoms. The molecule has 0 spiro atoms. The molecule has 0 unspecified atom stereocenters. The minimum Gasteiger partial charge on any atom is -0.484 e. The molecule has 0 aliphatic rings. The van der Waals surface area contributed by atoms with Crippen LogP contribution in [0.1, 0.15) is 0 Å². The topological polar surface area (TPSA) is 51.2 Å². The number of nitrogens with zero attached hydrogens (tertiary/aromatic N) is 1. The fraction of sp³-hybridized carbons (Fsp3) is 0.0769. The van der Waals surface area contributed by atoms with Gasteiger partial charge in [0.25, 0.3) is 5.91 Å². The molecule has 1 aromatic heterocycles. The van der Waals surface area contributed by atoms with Gasteiger partial charge in [-0.05, 0) is 36.4 Å². The van der Waals surface area contributed by atoms with Gasteiger partial charge in [-0.25, -0.2) is 0 Å². The van der Waals surface area contributed by atoms with Crippen molar-refractivity contribution in [3.63, 3.8) is 0 Å². The second-order valence-corrected chi connectivity index (χ2v) is 4.45. The van der Waals surface area contributed by atoms with Crippen LogP contribution in [0, 0.1) is 0 Å². The highest BCUT2D eigenvalue weighted by Crippen LogP contribution is 2.16. The maximum absolute atomic E-state index is 11.6. The number of hydrogen-bond donors (Lipinski definition) is 1. The Labute approximate surface area is 113 Å². The molecule has 1 N–H and O–H groups in total. The average Bonchev–Trinajstić information content (AvgIpc) is 2.39. The van der Waals surface area contributed by atoms with Gasteiger partial charge in [-0.3, -0.25) is 9.78 Å². The van der Waals surface area contributed by atoms with E-state index in [4.69, 9.17) is 4.74 Å². The van der Waals surface area contributed by atoms with E-state index >= 15 is 0 Å². The van der Waals surface area contributed by atoms with Gasteiger partial charge in [0.05, 0.1) is 11.9 Å². The van der Waals surface area contributed by atoms with E-state index in [1.165, 1.54) is 0 Å². The van der Waals surface area contributed by atoms with Crippen LogP contribution in [0.5, 0.6) is 5.75 Å². The minimum absolute atomic E-state index is 0.0312. The van der Waals surface area contributed by atoms with E-state index in [1.54, 1.807) is 36.7 Å². The average molecular weight is 307 g/mol. The second-order valence-electron chi connectivity index (χ2n) is 3.53. The third-order valence-electron chi connectivity index (χ3n) is 2.13. The van der Waals surface area contributed by atoms with Crippen molar-refractivity contribution in [3.05, 3.63) is 53.3 Å². The number of amides is 1. The summed E-state index contributed by atoms with van der Waals surface area (Å²) in [6.45, 7) is -0.0312. The van der Waals surface area contributed by atoms with Crippen LogP contribution in [0.3, 0.4) is 0 Å². The van der Waals surface area contributed by atoms with Crippen molar-refractivity contribution < 1.29 is 9.53 Å². The predicted octanol–water partition coefficient (Wildman–Crippen LogP) is 2.86. The number of carbonyl (C=O) groups excluding carboxylic acids is 1. The van der Waals surface area contributed by atoms with E-state index < -0.39 is 0 Å². The maximum Gasteiger partial charge on any atom is 0.262 e. The number of anilines is 1. The highest BCUT2D eigenvalue weighted by atomic mass is 79.9. The smallest absolute Gasteiger partial charge is 0.262 e. The Balaban J connectivity index is 1.83. The zero-order valence-corrected chi connectivity index (χ0v) is 11.1. The number of nitrogens with one attached hydrogen (secondary N) is 1. The fourth-order valence-corrected chi connectivity index (χ4v) is 1.58. The first-order valence-corrected chi connectivity index (χ1v) is 6.11. The van der Waals surface area contributed by atoms with Gasteiger partial charge in [-0.1, -0.05) is 15.9 Å². The Kier molecular flexibility index (Phi) is 4.30. The summed E-state index contributed by atoms with van der Waals surface area (Å²) in [6, 6.07) is 10.8. The molecule has 5 heteroatoms. The number of pyridine rings is 1. The van der Waals surface area contributed by atoms with Crippen LogP contribution < -0.4 is 10.1 Å². The van der Waals surface area contributed by atoms with Gasteiger partial charge in [0.15, 0.2) is 6.61 Å². The van der Waals surface area contributed by atoms with E-state index in [2.05, 4.69) is 26.2 Å². The number of aromatic nitrogens is 1. The summed E-state index contributed by atoms with van der Waals surface area (Å²) in [5, 5.41) is 2.69. The number of carbonyl (C=O) groups is 1. The SMILES string of the molecule is O=C(COc1ccc(Br)cc1)Nc1cccnc1. The molecular weight excluding hydrogens is 296 g/mol. The molecule has 0 radical (unpaired) electrons. The van der Waals surface area contributed by atoms with Gasteiger partial charge < -0.3 is 10.1 Å². The lowest BCUT2D eigenvalue weighted by atomic mass is 10.3. The molecule has 1 heterocycles. The molecule has 1 aromatic carbocycles. The van der Waals surface area contributed by atoms with Crippen molar-refractivity contribution >= 4 is 27.5 Å². The second kappa shape index (κ2) is 6.16. The lowest BCUT2D eigenvalue weighted by Crippen LogP contribution is -2.20. The largest absolute Gasteiger partial charge is 0.484 e. The molecule has 4 nitrogen and oxygen atoms in total. The van der Waals surface area contributed by atoms with Gasteiger partial charge in [0.1, 0.15) is 5.75 Å². The van der Waals surface area contributed by atoms with Crippen LogP contribution in [0.4, 0.5) is 5.69 Å². The van der Waals surface area contributed by atoms with Crippen molar-refractivity contribution in [1.29, 1.82) is 0 Å². The van der Waals surface area contributed by atoms with E-state index in [0.29, 0.717) is 11.4 Å². The quantitative estimate of drug-likeness (QED) is 0.945. The van der Waals surface area contributed by atoms with Crippen molar-refractivity contribution in [2.24, 2.45) is 0 Å². The molecule has 1 amide bonds. The van der Waals surface area contributed by atoms with Gasteiger partial charge in [-0.2, -0.15) is 0 Å². The zero-order chi connectivity index (χ0) is 12.8. The number of benzene rings is 1. The molecule has 0 bridgehead atoms. The highest BCUT2D eigenvalue weighted by Gasteiger charge is 2.03. The Hall–Kier alpha value is -1.88. The number of hydrogen-bond acceptors (Lipinski definition) is 3. The van der Waals surface area contributed by atoms with Crippen LogP contribution >= 0.6 is 15.9 Å². The lowest BCUT2D eigenvalue weighted by Gasteiger charge is -2.07. The van der Waals surface area contributed by atoms with Crippen molar-refractivity contribution in [2.45, 2.75) is 0 Å². The number of halogens is 1. The molecule has 0 aliphatic carbocycles. The van der Waals surface area contributed by atoms with E-state index in [9.17, 15) is 4.79 Å². The molecule has 0 atom stereocenters. The summed E-state index contributed by atoms with van der Waals surface area (Å²) >= 11 is 3.33. The van der Waals surface area contributed by atoms with E-state index in [0.717, 1.165) is 4.47 Å². The van der Waals surface area contributed by atoms with Crippen LogP contribution in [0.15, 0.2) is 53.3 Å². The van der Waals surface area contributed by atoms with Gasteiger partial charge in [0.2, 0.25) is 0 Å². The first-order chi connectivity index (χ1) is 8.74. The van der Waals surface area contributed by atoms with Crippen LogP contribution in [0.2, 0.25) is 0 Å². The Bertz CT molecular complexity index is 514. The summed E-state index contributed by atoms with van der Waals surface area (Å²) in [7, 11) is 0. The monoisotopic (exact) mass is 306 g/mol. The van der Waals surface area contributed by atoms with Crippen molar-refractivity contribution in [2.75, 3.05) is 11.9 Å². The van der Waals surface area contributed by atoms with E-state index in [1.807, 2.05) is 12.1 Å². The van der Waals surface area contributed by atoms with Crippen molar-refractivity contribution in [1.82, 2.24) is 4.98 Å².